The molecule has 0 fully saturated rings. The molecule has 1 amide bonds. The summed E-state index contributed by atoms with van der Waals surface area (Å²) >= 11 is 1.38. The van der Waals surface area contributed by atoms with Crippen LogP contribution in [0.2, 0.25) is 0 Å². The number of ether oxygens (including phenoxy) is 3. The molecule has 23 heavy (non-hydrogen) atoms. The Labute approximate surface area is 137 Å². The Morgan fingerprint density at radius 1 is 1.35 bits per heavy atom. The van der Waals surface area contributed by atoms with Crippen LogP contribution in [0.3, 0.4) is 0 Å². The van der Waals surface area contributed by atoms with Crippen LogP contribution in [0.25, 0.3) is 0 Å². The van der Waals surface area contributed by atoms with E-state index in [1.54, 1.807) is 12.1 Å². The van der Waals surface area contributed by atoms with E-state index in [2.05, 4.69) is 22.4 Å². The number of methoxy groups -OCH3 is 1. The van der Waals surface area contributed by atoms with Crippen LogP contribution in [0.4, 0.5) is 5.13 Å². The van der Waals surface area contributed by atoms with Gasteiger partial charge in [0.25, 0.3) is 5.91 Å². The molecular formula is C15H17N3O4S. The first kappa shape index (κ1) is 15.5. The number of carbonyl (C=O) groups is 1. The van der Waals surface area contributed by atoms with E-state index >= 15 is 0 Å². The number of hydrogen-bond acceptors (Lipinski definition) is 7. The summed E-state index contributed by atoms with van der Waals surface area (Å²) in [6.07, 6.45) is 1.84. The van der Waals surface area contributed by atoms with E-state index in [4.69, 9.17) is 14.2 Å². The van der Waals surface area contributed by atoms with E-state index in [0.29, 0.717) is 41.2 Å². The van der Waals surface area contributed by atoms with Gasteiger partial charge in [0.05, 0.1) is 7.11 Å². The van der Waals surface area contributed by atoms with Crippen LogP contribution in [0.5, 0.6) is 17.2 Å². The van der Waals surface area contributed by atoms with Gasteiger partial charge in [-0.3, -0.25) is 10.1 Å². The number of nitrogens with one attached hydrogen (secondary N) is 1. The summed E-state index contributed by atoms with van der Waals surface area (Å²) in [6.45, 7) is 2.97. The van der Waals surface area contributed by atoms with Crippen molar-refractivity contribution in [3.8, 4) is 17.2 Å². The second kappa shape index (κ2) is 6.82. The summed E-state index contributed by atoms with van der Waals surface area (Å²) in [5.41, 5.74) is 0.415. The molecule has 0 atom stereocenters. The zero-order valence-electron chi connectivity index (χ0n) is 12.9. The number of amides is 1. The van der Waals surface area contributed by atoms with Crippen molar-refractivity contribution in [1.29, 1.82) is 0 Å². The average molecular weight is 335 g/mol. The predicted molar refractivity (Wildman–Crippen MR) is 85.8 cm³/mol. The third-order valence-electron chi connectivity index (χ3n) is 3.24. The number of carbonyl (C=O) groups excluding carboxylic acids is 1. The van der Waals surface area contributed by atoms with Crippen LogP contribution in [0, 0.1) is 0 Å². The highest BCUT2D eigenvalue weighted by Gasteiger charge is 2.21. The fourth-order valence-corrected chi connectivity index (χ4v) is 3.03. The van der Waals surface area contributed by atoms with E-state index in [1.807, 2.05) is 0 Å². The summed E-state index contributed by atoms with van der Waals surface area (Å²) in [5, 5.41) is 12.2. The van der Waals surface area contributed by atoms with Crippen LogP contribution in [0.15, 0.2) is 12.1 Å². The van der Waals surface area contributed by atoms with Crippen LogP contribution >= 0.6 is 11.3 Å². The standard InChI is InChI=1S/C15H17N3O4S/c1-3-4-12-17-18-15(23-12)16-14(19)9-7-10(20-2)13-11(8-9)21-5-6-22-13/h7-8H,3-6H2,1-2H3,(H,16,18,19). The first-order chi connectivity index (χ1) is 11.2. The van der Waals surface area contributed by atoms with Gasteiger partial charge >= 0.3 is 0 Å². The molecule has 1 aromatic carbocycles. The lowest BCUT2D eigenvalue weighted by atomic mass is 10.1. The van der Waals surface area contributed by atoms with Crippen molar-refractivity contribution in [2.75, 3.05) is 25.6 Å². The minimum atomic E-state index is -0.292. The Morgan fingerprint density at radius 2 is 2.17 bits per heavy atom. The van der Waals surface area contributed by atoms with Gasteiger partial charge in [-0.15, -0.1) is 10.2 Å². The van der Waals surface area contributed by atoms with Gasteiger partial charge in [-0.25, -0.2) is 0 Å². The quantitative estimate of drug-likeness (QED) is 0.904. The third-order valence-corrected chi connectivity index (χ3v) is 4.14. The van der Waals surface area contributed by atoms with E-state index in [0.717, 1.165) is 17.8 Å². The molecule has 0 bridgehead atoms. The first-order valence-corrected chi connectivity index (χ1v) is 8.14. The molecular weight excluding hydrogens is 318 g/mol. The van der Waals surface area contributed by atoms with Gasteiger partial charge in [0.15, 0.2) is 11.5 Å². The molecule has 122 valence electrons. The smallest absolute Gasteiger partial charge is 0.257 e. The Morgan fingerprint density at radius 3 is 2.96 bits per heavy atom. The average Bonchev–Trinajstić information content (AvgIpc) is 3.01. The Hall–Kier alpha value is -2.35. The second-order valence-electron chi connectivity index (χ2n) is 4.91. The monoisotopic (exact) mass is 335 g/mol. The Balaban J connectivity index is 1.81. The summed E-state index contributed by atoms with van der Waals surface area (Å²) in [7, 11) is 1.52. The molecule has 0 saturated heterocycles. The normalized spacial score (nSPS) is 12.8. The van der Waals surface area contributed by atoms with E-state index in [1.165, 1.54) is 18.4 Å². The number of rotatable bonds is 5. The summed E-state index contributed by atoms with van der Waals surface area (Å²) in [5.74, 6) is 1.21. The third kappa shape index (κ3) is 3.37. The maximum atomic E-state index is 12.4. The number of nitrogens with zero attached hydrogens (tertiary/aromatic N) is 2. The number of benzene rings is 1. The van der Waals surface area contributed by atoms with Crippen molar-refractivity contribution in [2.45, 2.75) is 19.8 Å². The second-order valence-corrected chi connectivity index (χ2v) is 5.97. The minimum absolute atomic E-state index is 0.292. The maximum absolute atomic E-state index is 12.4. The van der Waals surface area contributed by atoms with Crippen molar-refractivity contribution in [2.24, 2.45) is 0 Å². The lowest BCUT2D eigenvalue weighted by Gasteiger charge is -2.21. The molecule has 3 rings (SSSR count). The number of anilines is 1. The van der Waals surface area contributed by atoms with Crippen LogP contribution in [-0.2, 0) is 6.42 Å². The van der Waals surface area contributed by atoms with Gasteiger partial charge in [-0.1, -0.05) is 18.3 Å². The van der Waals surface area contributed by atoms with Crippen molar-refractivity contribution in [1.82, 2.24) is 10.2 Å². The molecule has 1 N–H and O–H groups in total. The molecule has 8 heteroatoms. The summed E-state index contributed by atoms with van der Waals surface area (Å²) in [6, 6.07) is 3.26. The van der Waals surface area contributed by atoms with Crippen LogP contribution < -0.4 is 19.5 Å². The van der Waals surface area contributed by atoms with E-state index in [9.17, 15) is 4.79 Å². The zero-order valence-corrected chi connectivity index (χ0v) is 13.7. The largest absolute Gasteiger partial charge is 0.493 e. The number of aryl methyl sites for hydroxylation is 1. The van der Waals surface area contributed by atoms with Gasteiger partial charge in [0, 0.05) is 12.0 Å². The molecule has 0 unspecified atom stereocenters. The molecule has 0 saturated carbocycles. The molecule has 2 heterocycles. The summed E-state index contributed by atoms with van der Waals surface area (Å²) in [4.78, 5) is 12.4. The van der Waals surface area contributed by atoms with Crippen molar-refractivity contribution >= 4 is 22.4 Å². The molecule has 1 aromatic heterocycles. The van der Waals surface area contributed by atoms with Crippen LogP contribution in [0.1, 0.15) is 28.7 Å². The van der Waals surface area contributed by atoms with E-state index < -0.39 is 0 Å². The van der Waals surface area contributed by atoms with Gasteiger partial charge in [-0.2, -0.15) is 0 Å². The molecule has 0 aliphatic carbocycles. The van der Waals surface area contributed by atoms with Gasteiger partial charge < -0.3 is 14.2 Å². The minimum Gasteiger partial charge on any atom is -0.493 e. The number of fused-ring (bicyclic) bond motifs is 1. The van der Waals surface area contributed by atoms with E-state index in [-0.39, 0.29) is 5.91 Å². The van der Waals surface area contributed by atoms with Gasteiger partial charge in [0.1, 0.15) is 18.2 Å². The predicted octanol–water partition coefficient (Wildman–Crippen LogP) is 2.52. The number of aromatic nitrogens is 2. The Bertz CT molecular complexity index is 699. The molecule has 0 spiro atoms. The highest BCUT2D eigenvalue weighted by molar-refractivity contribution is 7.15. The number of hydrogen-bond donors (Lipinski definition) is 1. The molecule has 1 aliphatic heterocycles. The highest BCUT2D eigenvalue weighted by atomic mass is 32.1. The van der Waals surface area contributed by atoms with Crippen molar-refractivity contribution in [3.63, 3.8) is 0 Å². The lowest BCUT2D eigenvalue weighted by molar-refractivity contribution is 0.102. The lowest BCUT2D eigenvalue weighted by Crippen LogP contribution is -2.18. The molecule has 1 aliphatic rings. The molecule has 7 nitrogen and oxygen atoms in total. The topological polar surface area (TPSA) is 82.6 Å². The Kier molecular flexibility index (Phi) is 4.61. The first-order valence-electron chi connectivity index (χ1n) is 7.32. The zero-order chi connectivity index (χ0) is 16.2. The van der Waals surface area contributed by atoms with Gasteiger partial charge in [-0.05, 0) is 18.6 Å². The highest BCUT2D eigenvalue weighted by Crippen LogP contribution is 2.40. The van der Waals surface area contributed by atoms with Crippen LogP contribution in [-0.4, -0.2) is 36.4 Å². The van der Waals surface area contributed by atoms with Crippen molar-refractivity contribution in [3.05, 3.63) is 22.7 Å². The van der Waals surface area contributed by atoms with Gasteiger partial charge in [0.2, 0.25) is 10.9 Å². The molecule has 2 aromatic rings. The van der Waals surface area contributed by atoms with Crippen molar-refractivity contribution < 1.29 is 19.0 Å². The summed E-state index contributed by atoms with van der Waals surface area (Å²) < 4.78 is 16.3. The fraction of sp³-hybridized carbons (Fsp3) is 0.400. The maximum Gasteiger partial charge on any atom is 0.257 e. The fourth-order valence-electron chi connectivity index (χ4n) is 2.19. The molecule has 0 radical (unpaired) electrons. The SMILES string of the molecule is CCCc1nnc(NC(=O)c2cc(OC)c3c(c2)OCCO3)s1.